The standard InChI is InChI=1S/C19H23NO5/c1-20(14-5-3-2-4-6-14)18(22)15-11-16(21)25-17(15)12-7-9-13(10-8-12)19(23)24/h7-10,14-15,17H,2-6,11H2,1H3,(H,23,24)/t15-,17+/m0/s1. The van der Waals surface area contributed by atoms with Crippen LogP contribution in [0.25, 0.3) is 0 Å². The summed E-state index contributed by atoms with van der Waals surface area (Å²) < 4.78 is 5.39. The molecular formula is C19H23NO5. The number of carbonyl (C=O) groups excluding carboxylic acids is 2. The van der Waals surface area contributed by atoms with Crippen molar-refractivity contribution in [3.63, 3.8) is 0 Å². The molecule has 2 fully saturated rings. The third-order valence-electron chi connectivity index (χ3n) is 5.28. The van der Waals surface area contributed by atoms with E-state index >= 15 is 0 Å². The summed E-state index contributed by atoms with van der Waals surface area (Å²) in [5, 5.41) is 8.99. The van der Waals surface area contributed by atoms with Gasteiger partial charge in [-0.1, -0.05) is 31.4 Å². The van der Waals surface area contributed by atoms with Crippen LogP contribution < -0.4 is 0 Å². The van der Waals surface area contributed by atoms with Crippen molar-refractivity contribution in [2.24, 2.45) is 5.92 Å². The van der Waals surface area contributed by atoms with Gasteiger partial charge in [0.2, 0.25) is 5.91 Å². The molecule has 0 unspecified atom stereocenters. The molecule has 0 bridgehead atoms. The van der Waals surface area contributed by atoms with Gasteiger partial charge in [0, 0.05) is 13.1 Å². The molecule has 1 aliphatic heterocycles. The van der Waals surface area contributed by atoms with E-state index in [-0.39, 0.29) is 29.9 Å². The van der Waals surface area contributed by atoms with Gasteiger partial charge in [0.1, 0.15) is 6.10 Å². The Labute approximate surface area is 146 Å². The SMILES string of the molecule is CN(C(=O)[C@H]1CC(=O)O[C@@H]1c1ccc(C(=O)O)cc1)C1CCCCC1. The Morgan fingerprint density at radius 3 is 2.36 bits per heavy atom. The van der Waals surface area contributed by atoms with Gasteiger partial charge in [-0.05, 0) is 30.5 Å². The van der Waals surface area contributed by atoms with Crippen molar-refractivity contribution in [1.29, 1.82) is 0 Å². The summed E-state index contributed by atoms with van der Waals surface area (Å²) in [5.41, 5.74) is 0.821. The average Bonchev–Trinajstić information content (AvgIpc) is 3.03. The minimum Gasteiger partial charge on any atom is -0.478 e. The summed E-state index contributed by atoms with van der Waals surface area (Å²) in [6, 6.07) is 6.40. The predicted molar refractivity (Wildman–Crippen MR) is 90.0 cm³/mol. The van der Waals surface area contributed by atoms with Crippen LogP contribution in [-0.4, -0.2) is 40.9 Å². The lowest BCUT2D eigenvalue weighted by atomic mass is 9.90. The fourth-order valence-electron chi connectivity index (χ4n) is 3.80. The predicted octanol–water partition coefficient (Wildman–Crippen LogP) is 2.78. The Balaban J connectivity index is 1.77. The maximum atomic E-state index is 12.9. The van der Waals surface area contributed by atoms with E-state index in [0.717, 1.165) is 25.7 Å². The van der Waals surface area contributed by atoms with Crippen molar-refractivity contribution in [3.8, 4) is 0 Å². The van der Waals surface area contributed by atoms with E-state index in [4.69, 9.17) is 9.84 Å². The summed E-state index contributed by atoms with van der Waals surface area (Å²) in [5.74, 6) is -2.01. The second-order valence-corrected chi connectivity index (χ2v) is 6.89. The highest BCUT2D eigenvalue weighted by Crippen LogP contribution is 2.37. The lowest BCUT2D eigenvalue weighted by Gasteiger charge is -2.33. The van der Waals surface area contributed by atoms with Gasteiger partial charge >= 0.3 is 11.9 Å². The Morgan fingerprint density at radius 2 is 1.76 bits per heavy atom. The number of amides is 1. The summed E-state index contributed by atoms with van der Waals surface area (Å²) >= 11 is 0. The van der Waals surface area contributed by atoms with Crippen molar-refractivity contribution < 1.29 is 24.2 Å². The maximum Gasteiger partial charge on any atom is 0.335 e. The number of carboxylic acids is 1. The molecule has 1 amide bonds. The van der Waals surface area contributed by atoms with Gasteiger partial charge in [-0.2, -0.15) is 0 Å². The van der Waals surface area contributed by atoms with E-state index in [2.05, 4.69) is 0 Å². The second kappa shape index (κ2) is 7.25. The molecule has 1 N–H and O–H groups in total. The minimum absolute atomic E-state index is 0.0648. The lowest BCUT2D eigenvalue weighted by Crippen LogP contribution is -2.42. The highest BCUT2D eigenvalue weighted by Gasteiger charge is 2.43. The number of rotatable bonds is 4. The number of carboxylic acid groups (broad SMARTS) is 1. The average molecular weight is 345 g/mol. The Bertz CT molecular complexity index is 663. The van der Waals surface area contributed by atoms with Crippen LogP contribution in [-0.2, 0) is 14.3 Å². The third kappa shape index (κ3) is 3.67. The molecule has 1 aromatic rings. The van der Waals surface area contributed by atoms with Crippen LogP contribution >= 0.6 is 0 Å². The van der Waals surface area contributed by atoms with Gasteiger partial charge in [0.05, 0.1) is 17.9 Å². The number of ether oxygens (including phenoxy) is 1. The summed E-state index contributed by atoms with van der Waals surface area (Å²) in [4.78, 5) is 37.5. The monoisotopic (exact) mass is 345 g/mol. The highest BCUT2D eigenvalue weighted by atomic mass is 16.6. The van der Waals surface area contributed by atoms with Crippen LogP contribution in [0.1, 0.15) is 60.6 Å². The number of nitrogens with zero attached hydrogens (tertiary/aromatic N) is 1. The molecule has 134 valence electrons. The molecule has 3 rings (SSSR count). The molecule has 0 spiro atoms. The number of benzene rings is 1. The Morgan fingerprint density at radius 1 is 1.12 bits per heavy atom. The zero-order valence-corrected chi connectivity index (χ0v) is 14.3. The largest absolute Gasteiger partial charge is 0.478 e. The first-order valence-corrected chi connectivity index (χ1v) is 8.77. The number of carbonyl (C=O) groups is 3. The summed E-state index contributed by atoms with van der Waals surface area (Å²) in [6.07, 6.45) is 4.89. The summed E-state index contributed by atoms with van der Waals surface area (Å²) in [6.45, 7) is 0. The molecule has 6 heteroatoms. The zero-order chi connectivity index (χ0) is 18.0. The molecule has 1 heterocycles. The normalized spacial score (nSPS) is 24.0. The molecule has 6 nitrogen and oxygen atoms in total. The van der Waals surface area contributed by atoms with E-state index in [1.165, 1.54) is 18.6 Å². The minimum atomic E-state index is -1.01. The van der Waals surface area contributed by atoms with Crippen LogP contribution in [0.5, 0.6) is 0 Å². The van der Waals surface area contributed by atoms with Gasteiger partial charge in [-0.3, -0.25) is 9.59 Å². The molecule has 25 heavy (non-hydrogen) atoms. The number of cyclic esters (lactones) is 1. The first kappa shape index (κ1) is 17.5. The Hall–Kier alpha value is -2.37. The molecule has 1 saturated heterocycles. The van der Waals surface area contributed by atoms with Crippen LogP contribution in [0.2, 0.25) is 0 Å². The van der Waals surface area contributed by atoms with E-state index in [1.54, 1.807) is 17.0 Å². The quantitative estimate of drug-likeness (QED) is 0.848. The number of hydrogen-bond acceptors (Lipinski definition) is 4. The smallest absolute Gasteiger partial charge is 0.335 e. The van der Waals surface area contributed by atoms with Gasteiger partial charge in [0.25, 0.3) is 0 Å². The first-order valence-electron chi connectivity index (χ1n) is 8.77. The topological polar surface area (TPSA) is 83.9 Å². The fourth-order valence-corrected chi connectivity index (χ4v) is 3.80. The van der Waals surface area contributed by atoms with Crippen molar-refractivity contribution >= 4 is 17.8 Å². The van der Waals surface area contributed by atoms with E-state index in [0.29, 0.717) is 5.56 Å². The third-order valence-corrected chi connectivity index (χ3v) is 5.28. The molecule has 0 radical (unpaired) electrons. The maximum absolute atomic E-state index is 12.9. The van der Waals surface area contributed by atoms with Crippen LogP contribution in [0, 0.1) is 5.92 Å². The molecule has 1 aliphatic carbocycles. The van der Waals surface area contributed by atoms with Gasteiger partial charge in [-0.15, -0.1) is 0 Å². The molecule has 2 aliphatic rings. The lowest BCUT2D eigenvalue weighted by molar-refractivity contribution is -0.142. The fraction of sp³-hybridized carbons (Fsp3) is 0.526. The molecule has 1 saturated carbocycles. The second-order valence-electron chi connectivity index (χ2n) is 6.89. The molecule has 2 atom stereocenters. The van der Waals surface area contributed by atoms with Gasteiger partial charge in [0.15, 0.2) is 0 Å². The molecule has 0 aromatic heterocycles. The number of hydrogen-bond donors (Lipinski definition) is 1. The van der Waals surface area contributed by atoms with Crippen LogP contribution in [0.15, 0.2) is 24.3 Å². The first-order chi connectivity index (χ1) is 12.0. The number of esters is 1. The molecule has 1 aromatic carbocycles. The Kier molecular flexibility index (Phi) is 5.06. The number of aromatic carboxylic acids is 1. The van der Waals surface area contributed by atoms with E-state index in [1.807, 2.05) is 7.05 Å². The summed E-state index contributed by atoms with van der Waals surface area (Å²) in [7, 11) is 1.81. The highest BCUT2D eigenvalue weighted by molar-refractivity contribution is 5.88. The van der Waals surface area contributed by atoms with Crippen molar-refractivity contribution in [3.05, 3.63) is 35.4 Å². The zero-order valence-electron chi connectivity index (χ0n) is 14.3. The van der Waals surface area contributed by atoms with Crippen molar-refractivity contribution in [1.82, 2.24) is 4.90 Å². The van der Waals surface area contributed by atoms with Crippen molar-refractivity contribution in [2.75, 3.05) is 7.05 Å². The van der Waals surface area contributed by atoms with Gasteiger partial charge in [-0.25, -0.2) is 4.79 Å². The van der Waals surface area contributed by atoms with Crippen LogP contribution in [0.3, 0.4) is 0 Å². The van der Waals surface area contributed by atoms with E-state index < -0.39 is 18.0 Å². The van der Waals surface area contributed by atoms with Crippen LogP contribution in [0.4, 0.5) is 0 Å². The molecular weight excluding hydrogens is 322 g/mol. The van der Waals surface area contributed by atoms with E-state index in [9.17, 15) is 14.4 Å². The van der Waals surface area contributed by atoms with Crippen molar-refractivity contribution in [2.45, 2.75) is 50.7 Å². The van der Waals surface area contributed by atoms with Gasteiger partial charge < -0.3 is 14.7 Å².